The van der Waals surface area contributed by atoms with Gasteiger partial charge in [0.05, 0.1) is 18.4 Å². The Morgan fingerprint density at radius 2 is 2.46 bits per heavy atom. The first kappa shape index (κ1) is 10.9. The molecule has 1 fully saturated rings. The molecule has 4 heteroatoms. The van der Waals surface area contributed by atoms with Crippen LogP contribution in [0, 0.1) is 0 Å². The molecule has 1 rings (SSSR count). The predicted octanol–water partition coefficient (Wildman–Crippen LogP) is 1.38. The molecule has 0 saturated carbocycles. The minimum atomic E-state index is -0.0957. The van der Waals surface area contributed by atoms with Gasteiger partial charge in [-0.05, 0) is 26.0 Å². The van der Waals surface area contributed by atoms with E-state index < -0.39 is 0 Å². The molecule has 2 unspecified atom stereocenters. The monoisotopic (exact) mass is 203 g/mol. The number of nitrogens with one attached hydrogen (secondary N) is 1. The van der Waals surface area contributed by atoms with Gasteiger partial charge in [0.25, 0.3) is 0 Å². The highest BCUT2D eigenvalue weighted by Crippen LogP contribution is 2.20. The van der Waals surface area contributed by atoms with E-state index in [1.165, 1.54) is 6.42 Å². The van der Waals surface area contributed by atoms with Crippen LogP contribution in [0.1, 0.15) is 26.7 Å². The van der Waals surface area contributed by atoms with Crippen molar-refractivity contribution in [1.82, 2.24) is 5.32 Å². The predicted molar refractivity (Wildman–Crippen MR) is 54.7 cm³/mol. The molecule has 0 aromatic rings. The highest BCUT2D eigenvalue weighted by atomic mass is 32.2. The van der Waals surface area contributed by atoms with Crippen molar-refractivity contribution in [2.24, 2.45) is 0 Å². The zero-order chi connectivity index (χ0) is 9.68. The average Bonchev–Trinajstić information content (AvgIpc) is 2.04. The summed E-state index contributed by atoms with van der Waals surface area (Å²) in [6.45, 7) is 4.46. The van der Waals surface area contributed by atoms with Gasteiger partial charge in [0.1, 0.15) is 0 Å². The summed E-state index contributed by atoms with van der Waals surface area (Å²) in [6, 6.07) is 0.528. The molecular weight excluding hydrogens is 186 g/mol. The van der Waals surface area contributed by atoms with Crippen LogP contribution in [0.15, 0.2) is 0 Å². The third-order valence-electron chi connectivity index (χ3n) is 2.00. The lowest BCUT2D eigenvalue weighted by atomic mass is 10.2. The quantitative estimate of drug-likeness (QED) is 0.703. The highest BCUT2D eigenvalue weighted by molar-refractivity contribution is 7.99. The summed E-state index contributed by atoms with van der Waals surface area (Å²) in [5.74, 6) is 1.04. The summed E-state index contributed by atoms with van der Waals surface area (Å²) >= 11 is 1.81. The molecule has 0 aromatic heterocycles. The van der Waals surface area contributed by atoms with Gasteiger partial charge in [-0.25, -0.2) is 0 Å². The van der Waals surface area contributed by atoms with Gasteiger partial charge in [-0.1, -0.05) is 0 Å². The number of hydrogen-bond donors (Lipinski definition) is 1. The van der Waals surface area contributed by atoms with Gasteiger partial charge in [-0.3, -0.25) is 4.79 Å². The third-order valence-corrected chi connectivity index (χ3v) is 3.17. The van der Waals surface area contributed by atoms with E-state index >= 15 is 0 Å². The Balaban J connectivity index is 2.23. The molecule has 0 amide bonds. The number of hydrogen-bond acceptors (Lipinski definition) is 4. The Kier molecular flexibility index (Phi) is 4.59. The Morgan fingerprint density at radius 3 is 3.08 bits per heavy atom. The number of rotatable bonds is 3. The van der Waals surface area contributed by atoms with Crippen LogP contribution in [0.4, 0.5) is 0 Å². The summed E-state index contributed by atoms with van der Waals surface area (Å²) < 4.78 is 4.89. The van der Waals surface area contributed by atoms with Crippen LogP contribution in [-0.2, 0) is 9.53 Å². The standard InChI is InChI=1S/C9H17NO2S/c1-3-12-9(11)6-8-10-7(2)4-5-13-8/h7-8,10H,3-6H2,1-2H3. The van der Waals surface area contributed by atoms with Crippen molar-refractivity contribution in [2.75, 3.05) is 12.4 Å². The average molecular weight is 203 g/mol. The number of carbonyl (C=O) groups is 1. The van der Waals surface area contributed by atoms with Crippen LogP contribution in [0.5, 0.6) is 0 Å². The second kappa shape index (κ2) is 5.50. The van der Waals surface area contributed by atoms with Crippen LogP contribution in [0.25, 0.3) is 0 Å². The van der Waals surface area contributed by atoms with E-state index in [1.807, 2.05) is 18.7 Å². The van der Waals surface area contributed by atoms with Crippen molar-refractivity contribution in [1.29, 1.82) is 0 Å². The van der Waals surface area contributed by atoms with Crippen molar-refractivity contribution >= 4 is 17.7 Å². The normalized spacial score (nSPS) is 28.5. The minimum Gasteiger partial charge on any atom is -0.466 e. The fourth-order valence-electron chi connectivity index (χ4n) is 1.33. The van der Waals surface area contributed by atoms with E-state index in [2.05, 4.69) is 12.2 Å². The van der Waals surface area contributed by atoms with Crippen LogP contribution < -0.4 is 5.32 Å². The third kappa shape index (κ3) is 4.00. The smallest absolute Gasteiger partial charge is 0.308 e. The molecule has 1 aliphatic rings. The summed E-state index contributed by atoms with van der Waals surface area (Å²) in [5, 5.41) is 3.62. The molecule has 0 spiro atoms. The molecule has 0 aromatic carbocycles. The molecule has 0 radical (unpaired) electrons. The maximum atomic E-state index is 11.1. The molecular formula is C9H17NO2S. The number of ether oxygens (including phenoxy) is 1. The maximum absolute atomic E-state index is 11.1. The van der Waals surface area contributed by atoms with Crippen LogP contribution in [0.3, 0.4) is 0 Å². The molecule has 13 heavy (non-hydrogen) atoms. The summed E-state index contributed by atoms with van der Waals surface area (Å²) in [7, 11) is 0. The first-order valence-electron chi connectivity index (χ1n) is 4.75. The van der Waals surface area contributed by atoms with Crippen molar-refractivity contribution in [3.8, 4) is 0 Å². The van der Waals surface area contributed by atoms with E-state index in [4.69, 9.17) is 4.74 Å². The van der Waals surface area contributed by atoms with Crippen molar-refractivity contribution in [2.45, 2.75) is 38.1 Å². The Labute approximate surface area is 83.6 Å². The fraction of sp³-hybridized carbons (Fsp3) is 0.889. The molecule has 1 heterocycles. The van der Waals surface area contributed by atoms with Crippen LogP contribution >= 0.6 is 11.8 Å². The van der Waals surface area contributed by atoms with Gasteiger partial charge in [0, 0.05) is 6.04 Å². The molecule has 1 N–H and O–H groups in total. The Bertz CT molecular complexity index is 175. The SMILES string of the molecule is CCOC(=O)CC1NC(C)CCS1. The van der Waals surface area contributed by atoms with E-state index in [0.29, 0.717) is 19.1 Å². The van der Waals surface area contributed by atoms with Gasteiger partial charge in [0.15, 0.2) is 0 Å². The summed E-state index contributed by atoms with van der Waals surface area (Å²) in [5.41, 5.74) is 0. The van der Waals surface area contributed by atoms with Crippen molar-refractivity contribution < 1.29 is 9.53 Å². The number of thioether (sulfide) groups is 1. The molecule has 76 valence electrons. The number of esters is 1. The lowest BCUT2D eigenvalue weighted by Gasteiger charge is -2.27. The summed E-state index contributed by atoms with van der Waals surface area (Å²) in [6.07, 6.45) is 1.67. The largest absolute Gasteiger partial charge is 0.466 e. The lowest BCUT2D eigenvalue weighted by molar-refractivity contribution is -0.143. The zero-order valence-electron chi connectivity index (χ0n) is 8.21. The molecule has 0 aliphatic carbocycles. The van der Waals surface area contributed by atoms with Gasteiger partial charge < -0.3 is 10.1 Å². The Hall–Kier alpha value is -0.220. The van der Waals surface area contributed by atoms with E-state index in [1.54, 1.807) is 0 Å². The molecule has 1 aliphatic heterocycles. The fourth-order valence-corrected chi connectivity index (χ4v) is 2.68. The van der Waals surface area contributed by atoms with Crippen LogP contribution in [0.2, 0.25) is 0 Å². The molecule has 0 bridgehead atoms. The first-order valence-corrected chi connectivity index (χ1v) is 5.80. The highest BCUT2D eigenvalue weighted by Gasteiger charge is 2.21. The van der Waals surface area contributed by atoms with Crippen LogP contribution in [-0.4, -0.2) is 29.7 Å². The van der Waals surface area contributed by atoms with Gasteiger partial charge >= 0.3 is 5.97 Å². The molecule has 3 nitrogen and oxygen atoms in total. The summed E-state index contributed by atoms with van der Waals surface area (Å²) in [4.78, 5) is 11.1. The Morgan fingerprint density at radius 1 is 1.69 bits per heavy atom. The van der Waals surface area contributed by atoms with E-state index in [9.17, 15) is 4.79 Å². The first-order chi connectivity index (χ1) is 6.22. The van der Waals surface area contributed by atoms with Gasteiger partial charge in [0.2, 0.25) is 0 Å². The van der Waals surface area contributed by atoms with Crippen molar-refractivity contribution in [3.05, 3.63) is 0 Å². The van der Waals surface area contributed by atoms with E-state index in [-0.39, 0.29) is 11.3 Å². The minimum absolute atomic E-state index is 0.0957. The van der Waals surface area contributed by atoms with E-state index in [0.717, 1.165) is 5.75 Å². The van der Waals surface area contributed by atoms with Crippen molar-refractivity contribution in [3.63, 3.8) is 0 Å². The topological polar surface area (TPSA) is 38.3 Å². The lowest BCUT2D eigenvalue weighted by Crippen LogP contribution is -2.40. The number of carbonyl (C=O) groups excluding carboxylic acids is 1. The second-order valence-electron chi connectivity index (χ2n) is 3.22. The second-order valence-corrected chi connectivity index (χ2v) is 4.54. The molecule has 2 atom stereocenters. The van der Waals surface area contributed by atoms with Gasteiger partial charge in [-0.15, -0.1) is 11.8 Å². The van der Waals surface area contributed by atoms with Gasteiger partial charge in [-0.2, -0.15) is 0 Å². The maximum Gasteiger partial charge on any atom is 0.308 e. The zero-order valence-corrected chi connectivity index (χ0v) is 9.02. The molecule has 1 saturated heterocycles.